The summed E-state index contributed by atoms with van der Waals surface area (Å²) in [5.41, 5.74) is 0. The minimum atomic E-state index is -0.756. The summed E-state index contributed by atoms with van der Waals surface area (Å²) >= 11 is 0. The molecule has 0 radical (unpaired) electrons. The third-order valence-electron chi connectivity index (χ3n) is 6.81. The van der Waals surface area contributed by atoms with Gasteiger partial charge >= 0.3 is 6.03 Å². The summed E-state index contributed by atoms with van der Waals surface area (Å²) in [6.45, 7) is 8.81. The molecule has 0 saturated carbocycles. The number of hydrogen-bond acceptors (Lipinski definition) is 4. The molecule has 0 aromatic carbocycles. The van der Waals surface area contributed by atoms with Crippen LogP contribution in [0, 0.1) is 5.92 Å². The zero-order chi connectivity index (χ0) is 28.2. The van der Waals surface area contributed by atoms with Gasteiger partial charge in [-0.15, -0.1) is 0 Å². The molecule has 1 aliphatic heterocycles. The molecule has 3 atom stereocenters. The molecule has 5 amide bonds. The van der Waals surface area contributed by atoms with Crippen LogP contribution in [0.1, 0.15) is 111 Å². The number of rotatable bonds is 15. The Hall–Kier alpha value is -2.58. The molecule has 0 fully saturated rings. The van der Waals surface area contributed by atoms with Crippen LogP contribution in [0.25, 0.3) is 0 Å². The van der Waals surface area contributed by atoms with Crippen molar-refractivity contribution in [2.24, 2.45) is 5.92 Å². The highest BCUT2D eigenvalue weighted by Gasteiger charge is 2.29. The fourth-order valence-electron chi connectivity index (χ4n) is 4.42. The standard InChI is InChI=1S/C29H53N5O4/c1-5-6-7-8-9-10-11-12-13-15-21-31-29(38)34-26(22(2)3)28(37)33-24-17-14-16-20-30-25(35)19-18-23(4)32-27(24)36/h18-19,22-24,26H,5-17,20-21H2,1-4H3,(H,30,35)(H,32,36)(H,33,37)(H2,31,34,38)/b19-18+/t23-,24+,26-/m0/s1. The molecule has 1 aliphatic rings. The van der Waals surface area contributed by atoms with E-state index >= 15 is 0 Å². The van der Waals surface area contributed by atoms with Gasteiger partial charge in [0, 0.05) is 25.2 Å². The minimum absolute atomic E-state index is 0.149. The van der Waals surface area contributed by atoms with Gasteiger partial charge in [0.05, 0.1) is 0 Å². The molecule has 0 bridgehead atoms. The summed E-state index contributed by atoms with van der Waals surface area (Å²) in [6.07, 6.45) is 17.1. The first kappa shape index (κ1) is 33.4. The number of carbonyl (C=O) groups is 4. The minimum Gasteiger partial charge on any atom is -0.353 e. The molecule has 9 heteroatoms. The molecule has 0 unspecified atom stereocenters. The van der Waals surface area contributed by atoms with E-state index in [9.17, 15) is 19.2 Å². The van der Waals surface area contributed by atoms with E-state index in [2.05, 4.69) is 33.5 Å². The second kappa shape index (κ2) is 20.4. The lowest BCUT2D eigenvalue weighted by molar-refractivity contribution is -0.130. The van der Waals surface area contributed by atoms with Gasteiger partial charge in [0.2, 0.25) is 17.7 Å². The van der Waals surface area contributed by atoms with Crippen molar-refractivity contribution in [3.63, 3.8) is 0 Å². The maximum absolute atomic E-state index is 13.1. The van der Waals surface area contributed by atoms with Gasteiger partial charge in [-0.25, -0.2) is 4.79 Å². The van der Waals surface area contributed by atoms with Crippen LogP contribution in [-0.4, -0.2) is 55.0 Å². The second-order valence-electron chi connectivity index (χ2n) is 10.8. The highest BCUT2D eigenvalue weighted by molar-refractivity contribution is 5.92. The van der Waals surface area contributed by atoms with Crippen LogP contribution < -0.4 is 26.6 Å². The van der Waals surface area contributed by atoms with E-state index in [4.69, 9.17) is 0 Å². The lowest BCUT2D eigenvalue weighted by Gasteiger charge is -2.26. The monoisotopic (exact) mass is 535 g/mol. The van der Waals surface area contributed by atoms with E-state index in [0.717, 1.165) is 12.8 Å². The zero-order valence-electron chi connectivity index (χ0n) is 24.2. The van der Waals surface area contributed by atoms with Crippen molar-refractivity contribution >= 4 is 23.8 Å². The van der Waals surface area contributed by atoms with Gasteiger partial charge in [0.25, 0.3) is 0 Å². The molecular formula is C29H53N5O4. The Bertz CT molecular complexity index is 740. The molecule has 0 spiro atoms. The number of hydrogen-bond donors (Lipinski definition) is 5. The van der Waals surface area contributed by atoms with Crippen molar-refractivity contribution in [2.75, 3.05) is 13.1 Å². The summed E-state index contributed by atoms with van der Waals surface area (Å²) in [6, 6.07) is -2.20. The van der Waals surface area contributed by atoms with Crippen molar-refractivity contribution in [3.8, 4) is 0 Å². The number of urea groups is 1. The van der Waals surface area contributed by atoms with Gasteiger partial charge < -0.3 is 26.6 Å². The fraction of sp³-hybridized carbons (Fsp3) is 0.793. The Morgan fingerprint density at radius 3 is 2.24 bits per heavy atom. The topological polar surface area (TPSA) is 128 Å². The normalized spacial score (nSPS) is 20.3. The summed E-state index contributed by atoms with van der Waals surface area (Å²) in [5.74, 6) is -1.01. The van der Waals surface area contributed by atoms with Crippen molar-refractivity contribution in [3.05, 3.63) is 12.2 Å². The molecule has 38 heavy (non-hydrogen) atoms. The molecule has 5 N–H and O–H groups in total. The van der Waals surface area contributed by atoms with E-state index in [1.165, 1.54) is 57.4 Å². The van der Waals surface area contributed by atoms with Crippen LogP contribution in [-0.2, 0) is 14.4 Å². The van der Waals surface area contributed by atoms with Gasteiger partial charge in [-0.1, -0.05) is 84.6 Å². The molecule has 0 aromatic heterocycles. The lowest BCUT2D eigenvalue weighted by atomic mass is 10.0. The van der Waals surface area contributed by atoms with E-state index in [0.29, 0.717) is 32.4 Å². The molecule has 1 heterocycles. The SMILES string of the molecule is CCCCCCCCCCCCNC(=O)N[C@H](C(=O)N[C@@H]1CCCCNC(=O)/C=C/[C@H](C)NC1=O)C(C)C. The van der Waals surface area contributed by atoms with E-state index in [-0.39, 0.29) is 35.7 Å². The quantitative estimate of drug-likeness (QED) is 0.202. The first-order chi connectivity index (χ1) is 18.2. The van der Waals surface area contributed by atoms with E-state index in [1.807, 2.05) is 13.8 Å². The highest BCUT2D eigenvalue weighted by Crippen LogP contribution is 2.10. The maximum atomic E-state index is 13.1. The Labute approximate surface area is 230 Å². The Kier molecular flexibility index (Phi) is 17.9. The Morgan fingerprint density at radius 1 is 0.974 bits per heavy atom. The number of carbonyl (C=O) groups excluding carboxylic acids is 4. The van der Waals surface area contributed by atoms with Crippen LogP contribution in [0.5, 0.6) is 0 Å². The molecule has 0 aromatic rings. The highest BCUT2D eigenvalue weighted by atomic mass is 16.2. The van der Waals surface area contributed by atoms with Crippen LogP contribution in [0.15, 0.2) is 12.2 Å². The second-order valence-corrected chi connectivity index (χ2v) is 10.8. The number of amides is 5. The molecule has 0 saturated heterocycles. The van der Waals surface area contributed by atoms with E-state index < -0.39 is 12.1 Å². The van der Waals surface area contributed by atoms with Gasteiger partial charge in [0.15, 0.2) is 0 Å². The predicted octanol–water partition coefficient (Wildman–Crippen LogP) is 4.08. The summed E-state index contributed by atoms with van der Waals surface area (Å²) in [7, 11) is 0. The molecule has 218 valence electrons. The van der Waals surface area contributed by atoms with Gasteiger partial charge in [0.1, 0.15) is 12.1 Å². The Morgan fingerprint density at radius 2 is 1.61 bits per heavy atom. The Balaban J connectivity index is 2.45. The fourth-order valence-corrected chi connectivity index (χ4v) is 4.42. The number of unbranched alkanes of at least 4 members (excludes halogenated alkanes) is 9. The van der Waals surface area contributed by atoms with Gasteiger partial charge in [-0.3, -0.25) is 14.4 Å². The molecule has 0 aliphatic carbocycles. The lowest BCUT2D eigenvalue weighted by Crippen LogP contribution is -2.57. The van der Waals surface area contributed by atoms with Gasteiger partial charge in [-0.2, -0.15) is 0 Å². The van der Waals surface area contributed by atoms with Crippen LogP contribution in [0.4, 0.5) is 4.79 Å². The molecular weight excluding hydrogens is 482 g/mol. The van der Waals surface area contributed by atoms with Crippen LogP contribution >= 0.6 is 0 Å². The summed E-state index contributed by atoms with van der Waals surface area (Å²) in [4.78, 5) is 50.1. The average Bonchev–Trinajstić information content (AvgIpc) is 2.87. The third kappa shape index (κ3) is 15.6. The smallest absolute Gasteiger partial charge is 0.315 e. The summed E-state index contributed by atoms with van der Waals surface area (Å²) < 4.78 is 0. The molecule has 1 rings (SSSR count). The van der Waals surface area contributed by atoms with Gasteiger partial charge in [-0.05, 0) is 38.5 Å². The summed E-state index contributed by atoms with van der Waals surface area (Å²) in [5, 5.41) is 14.1. The van der Waals surface area contributed by atoms with Crippen LogP contribution in [0.2, 0.25) is 0 Å². The molecule has 9 nitrogen and oxygen atoms in total. The van der Waals surface area contributed by atoms with Crippen molar-refractivity contribution in [1.29, 1.82) is 0 Å². The maximum Gasteiger partial charge on any atom is 0.315 e. The third-order valence-corrected chi connectivity index (χ3v) is 6.81. The first-order valence-electron chi connectivity index (χ1n) is 14.9. The van der Waals surface area contributed by atoms with Crippen molar-refractivity contribution in [2.45, 2.75) is 129 Å². The zero-order valence-corrected chi connectivity index (χ0v) is 24.2. The predicted molar refractivity (Wildman–Crippen MR) is 153 cm³/mol. The average molecular weight is 536 g/mol. The van der Waals surface area contributed by atoms with Crippen molar-refractivity contribution < 1.29 is 19.2 Å². The first-order valence-corrected chi connectivity index (χ1v) is 14.9. The number of nitrogens with one attached hydrogen (secondary N) is 5. The van der Waals surface area contributed by atoms with Crippen molar-refractivity contribution in [1.82, 2.24) is 26.6 Å². The largest absolute Gasteiger partial charge is 0.353 e. The van der Waals surface area contributed by atoms with E-state index in [1.54, 1.807) is 13.0 Å². The van der Waals surface area contributed by atoms with Crippen LogP contribution in [0.3, 0.4) is 0 Å².